The molecule has 3 heteroatoms. The van der Waals surface area contributed by atoms with Crippen molar-refractivity contribution in [3.63, 3.8) is 0 Å². The summed E-state index contributed by atoms with van der Waals surface area (Å²) >= 11 is 1.97. The lowest BCUT2D eigenvalue weighted by molar-refractivity contribution is 0.311. The van der Waals surface area contributed by atoms with Gasteiger partial charge in [0.15, 0.2) is 0 Å². The van der Waals surface area contributed by atoms with E-state index in [0.717, 1.165) is 25.2 Å². The average molecular weight is 267 g/mol. The zero-order valence-corrected chi connectivity index (χ0v) is 12.6. The van der Waals surface area contributed by atoms with Gasteiger partial charge in [0.2, 0.25) is 0 Å². The summed E-state index contributed by atoms with van der Waals surface area (Å²) in [7, 11) is 2.00. The smallest absolute Gasteiger partial charge is 0.124 e. The molecule has 1 N–H and O–H groups in total. The summed E-state index contributed by atoms with van der Waals surface area (Å²) in [5.74, 6) is 3.40. The first-order valence-corrected chi connectivity index (χ1v) is 7.95. The Bertz CT molecular complexity index is 326. The highest BCUT2D eigenvalue weighted by Gasteiger charge is 2.11. The maximum absolute atomic E-state index is 5.92. The minimum Gasteiger partial charge on any atom is -0.493 e. The highest BCUT2D eigenvalue weighted by Crippen LogP contribution is 2.26. The van der Waals surface area contributed by atoms with Crippen LogP contribution in [0.3, 0.4) is 0 Å². The molecule has 2 nitrogen and oxygen atoms in total. The normalized spacial score (nSPS) is 12.4. The van der Waals surface area contributed by atoms with Gasteiger partial charge >= 0.3 is 0 Å². The van der Waals surface area contributed by atoms with Crippen LogP contribution in [0.1, 0.15) is 38.3 Å². The van der Waals surface area contributed by atoms with Gasteiger partial charge in [-0.1, -0.05) is 32.0 Å². The van der Waals surface area contributed by atoms with Gasteiger partial charge < -0.3 is 10.1 Å². The predicted molar refractivity (Wildman–Crippen MR) is 81.6 cm³/mol. The number of ether oxygens (including phenoxy) is 1. The topological polar surface area (TPSA) is 21.3 Å². The maximum atomic E-state index is 5.92. The van der Waals surface area contributed by atoms with Gasteiger partial charge in [-0.25, -0.2) is 0 Å². The maximum Gasteiger partial charge on any atom is 0.124 e. The second kappa shape index (κ2) is 9.29. The Balaban J connectivity index is 2.53. The van der Waals surface area contributed by atoms with Crippen molar-refractivity contribution in [2.45, 2.75) is 32.7 Å². The summed E-state index contributed by atoms with van der Waals surface area (Å²) in [6, 6.07) is 8.73. The van der Waals surface area contributed by atoms with E-state index in [2.05, 4.69) is 37.4 Å². The summed E-state index contributed by atoms with van der Waals surface area (Å²) in [5.41, 5.74) is 1.27. The number of thioether (sulfide) groups is 1. The summed E-state index contributed by atoms with van der Waals surface area (Å²) < 4.78 is 5.92. The summed E-state index contributed by atoms with van der Waals surface area (Å²) in [5, 5.41) is 3.34. The molecule has 0 heterocycles. The van der Waals surface area contributed by atoms with Crippen molar-refractivity contribution in [1.82, 2.24) is 5.32 Å². The fourth-order valence-electron chi connectivity index (χ4n) is 1.97. The molecule has 18 heavy (non-hydrogen) atoms. The van der Waals surface area contributed by atoms with Gasteiger partial charge in [-0.15, -0.1) is 0 Å². The Morgan fingerprint density at radius 2 is 2.06 bits per heavy atom. The molecule has 0 radical (unpaired) electrons. The van der Waals surface area contributed by atoms with Crippen LogP contribution in [0, 0.1) is 0 Å². The van der Waals surface area contributed by atoms with Crippen molar-refractivity contribution >= 4 is 11.8 Å². The molecule has 1 aromatic carbocycles. The average Bonchev–Trinajstić information content (AvgIpc) is 2.41. The molecular weight excluding hydrogens is 242 g/mol. The van der Waals surface area contributed by atoms with E-state index in [4.69, 9.17) is 4.74 Å². The van der Waals surface area contributed by atoms with Gasteiger partial charge in [-0.2, -0.15) is 11.8 Å². The van der Waals surface area contributed by atoms with Gasteiger partial charge in [0.1, 0.15) is 5.75 Å². The van der Waals surface area contributed by atoms with Crippen LogP contribution in [0.4, 0.5) is 0 Å². The number of benzene rings is 1. The van der Waals surface area contributed by atoms with Crippen LogP contribution in [0.2, 0.25) is 0 Å². The third kappa shape index (κ3) is 4.91. The molecule has 0 aliphatic carbocycles. The molecule has 0 aliphatic rings. The van der Waals surface area contributed by atoms with E-state index >= 15 is 0 Å². The lowest BCUT2D eigenvalue weighted by atomic mass is 10.0. The van der Waals surface area contributed by atoms with E-state index in [1.807, 2.05) is 24.9 Å². The lowest BCUT2D eigenvalue weighted by Crippen LogP contribution is -2.16. The van der Waals surface area contributed by atoms with Crippen LogP contribution < -0.4 is 10.1 Å². The second-order valence-electron chi connectivity index (χ2n) is 4.19. The Morgan fingerprint density at radius 1 is 1.28 bits per heavy atom. The lowest BCUT2D eigenvalue weighted by Gasteiger charge is -2.18. The van der Waals surface area contributed by atoms with Gasteiger partial charge in [-0.3, -0.25) is 0 Å². The zero-order valence-electron chi connectivity index (χ0n) is 11.7. The van der Waals surface area contributed by atoms with Crippen molar-refractivity contribution in [3.05, 3.63) is 29.8 Å². The van der Waals surface area contributed by atoms with Crippen molar-refractivity contribution < 1.29 is 4.74 Å². The standard InChI is InChI=1S/C15H25NOS/c1-4-14(16-3)13-9-6-7-10-15(13)17-11-8-12-18-5-2/h6-7,9-10,14,16H,4-5,8,11-12H2,1-3H3. The van der Waals surface area contributed by atoms with Gasteiger partial charge in [0.05, 0.1) is 6.61 Å². The molecular formula is C15H25NOS. The molecule has 0 aromatic heterocycles. The molecule has 0 fully saturated rings. The Kier molecular flexibility index (Phi) is 7.94. The molecule has 0 saturated carbocycles. The Hall–Kier alpha value is -0.670. The predicted octanol–water partition coefficient (Wildman–Crippen LogP) is 3.88. The number of nitrogens with one attached hydrogen (secondary N) is 1. The number of hydrogen-bond donors (Lipinski definition) is 1. The van der Waals surface area contributed by atoms with E-state index < -0.39 is 0 Å². The molecule has 1 unspecified atom stereocenters. The minimum atomic E-state index is 0.381. The molecule has 1 atom stereocenters. The van der Waals surface area contributed by atoms with Crippen molar-refractivity contribution in [3.8, 4) is 5.75 Å². The summed E-state index contributed by atoms with van der Waals surface area (Å²) in [4.78, 5) is 0. The molecule has 0 aliphatic heterocycles. The van der Waals surface area contributed by atoms with Crippen molar-refractivity contribution in [2.75, 3.05) is 25.2 Å². The molecule has 0 bridgehead atoms. The van der Waals surface area contributed by atoms with E-state index in [1.165, 1.54) is 17.1 Å². The van der Waals surface area contributed by atoms with Gasteiger partial charge in [0, 0.05) is 11.6 Å². The van der Waals surface area contributed by atoms with Crippen LogP contribution >= 0.6 is 11.8 Å². The molecule has 0 amide bonds. The van der Waals surface area contributed by atoms with Crippen LogP contribution in [0.15, 0.2) is 24.3 Å². The van der Waals surface area contributed by atoms with Crippen molar-refractivity contribution in [1.29, 1.82) is 0 Å². The quantitative estimate of drug-likeness (QED) is 0.686. The van der Waals surface area contributed by atoms with Crippen LogP contribution in [0.5, 0.6) is 5.75 Å². The third-order valence-corrected chi connectivity index (χ3v) is 3.93. The molecule has 0 spiro atoms. The van der Waals surface area contributed by atoms with Crippen LogP contribution in [0.25, 0.3) is 0 Å². The monoisotopic (exact) mass is 267 g/mol. The highest BCUT2D eigenvalue weighted by atomic mass is 32.2. The van der Waals surface area contributed by atoms with Crippen LogP contribution in [-0.2, 0) is 0 Å². The van der Waals surface area contributed by atoms with E-state index in [9.17, 15) is 0 Å². The SMILES string of the molecule is CCSCCCOc1ccccc1C(CC)NC. The summed E-state index contributed by atoms with van der Waals surface area (Å²) in [6.45, 7) is 5.19. The molecule has 1 aromatic rings. The minimum absolute atomic E-state index is 0.381. The summed E-state index contributed by atoms with van der Waals surface area (Å²) in [6.07, 6.45) is 2.19. The first kappa shape index (κ1) is 15.4. The van der Waals surface area contributed by atoms with Gasteiger partial charge in [0.25, 0.3) is 0 Å². The zero-order chi connectivity index (χ0) is 13.2. The van der Waals surface area contributed by atoms with Crippen LogP contribution in [-0.4, -0.2) is 25.2 Å². The number of hydrogen-bond acceptors (Lipinski definition) is 3. The van der Waals surface area contributed by atoms with E-state index in [-0.39, 0.29) is 0 Å². The fourth-order valence-corrected chi connectivity index (χ4v) is 2.58. The molecule has 1 rings (SSSR count). The molecule has 102 valence electrons. The highest BCUT2D eigenvalue weighted by molar-refractivity contribution is 7.99. The van der Waals surface area contributed by atoms with Gasteiger partial charge in [-0.05, 0) is 37.5 Å². The van der Waals surface area contributed by atoms with E-state index in [1.54, 1.807) is 0 Å². The first-order valence-electron chi connectivity index (χ1n) is 6.80. The number of rotatable bonds is 9. The van der Waals surface area contributed by atoms with Crippen molar-refractivity contribution in [2.24, 2.45) is 0 Å². The second-order valence-corrected chi connectivity index (χ2v) is 5.58. The number of para-hydroxylation sites is 1. The fraction of sp³-hybridized carbons (Fsp3) is 0.600. The van der Waals surface area contributed by atoms with E-state index in [0.29, 0.717) is 6.04 Å². The first-order chi connectivity index (χ1) is 8.83. The largest absolute Gasteiger partial charge is 0.493 e. The third-order valence-electron chi connectivity index (χ3n) is 2.95. The Labute approximate surface area is 116 Å². The Morgan fingerprint density at radius 3 is 2.72 bits per heavy atom. The molecule has 0 saturated heterocycles.